The number of aromatic hydroxyl groups is 1. The zero-order chi connectivity index (χ0) is 15.6. The molecule has 3 nitrogen and oxygen atoms in total. The highest BCUT2D eigenvalue weighted by Gasteiger charge is 2.28. The van der Waals surface area contributed by atoms with E-state index in [1.54, 1.807) is 11.3 Å². The van der Waals surface area contributed by atoms with E-state index in [1.165, 1.54) is 4.88 Å². The predicted molar refractivity (Wildman–Crippen MR) is 94.2 cm³/mol. The van der Waals surface area contributed by atoms with Crippen molar-refractivity contribution in [2.75, 3.05) is 26.3 Å². The zero-order valence-electron chi connectivity index (χ0n) is 12.8. The number of phenols is 1. The van der Waals surface area contributed by atoms with Crippen LogP contribution < -0.4 is 0 Å². The van der Waals surface area contributed by atoms with Gasteiger partial charge in [-0.1, -0.05) is 36.4 Å². The lowest BCUT2D eigenvalue weighted by Gasteiger charge is -2.35. The first kappa shape index (κ1) is 14.7. The lowest BCUT2D eigenvalue weighted by molar-refractivity contribution is 0.0244. The lowest BCUT2D eigenvalue weighted by atomic mass is 9.95. The molecular weight excluding hydrogens is 306 g/mol. The first-order chi connectivity index (χ1) is 11.3. The van der Waals surface area contributed by atoms with Crippen molar-refractivity contribution in [3.63, 3.8) is 0 Å². The van der Waals surface area contributed by atoms with Gasteiger partial charge >= 0.3 is 0 Å². The second-order valence-corrected chi connectivity index (χ2v) is 6.77. The van der Waals surface area contributed by atoms with Crippen LogP contribution in [0.15, 0.2) is 53.9 Å². The number of hydrogen-bond acceptors (Lipinski definition) is 4. The minimum atomic E-state index is 0.0741. The first-order valence-corrected chi connectivity index (χ1v) is 8.78. The van der Waals surface area contributed by atoms with Crippen LogP contribution in [-0.4, -0.2) is 36.3 Å². The topological polar surface area (TPSA) is 32.7 Å². The smallest absolute Gasteiger partial charge is 0.121 e. The maximum Gasteiger partial charge on any atom is 0.121 e. The largest absolute Gasteiger partial charge is 0.508 e. The SMILES string of the molecule is Oc1ccc2ccccc2c1C(c1cccs1)N1CCOCC1. The molecule has 4 heteroatoms. The van der Waals surface area contributed by atoms with Gasteiger partial charge in [-0.05, 0) is 28.3 Å². The summed E-state index contributed by atoms with van der Waals surface area (Å²) in [5, 5.41) is 15.0. The normalized spacial score (nSPS) is 17.4. The summed E-state index contributed by atoms with van der Waals surface area (Å²) in [6.45, 7) is 3.25. The van der Waals surface area contributed by atoms with E-state index in [0.717, 1.165) is 42.6 Å². The third kappa shape index (κ3) is 2.74. The van der Waals surface area contributed by atoms with Crippen molar-refractivity contribution in [1.82, 2.24) is 4.90 Å². The fourth-order valence-electron chi connectivity index (χ4n) is 3.36. The van der Waals surface area contributed by atoms with Crippen LogP contribution in [0.4, 0.5) is 0 Å². The molecule has 118 valence electrons. The molecule has 1 saturated heterocycles. The van der Waals surface area contributed by atoms with E-state index in [4.69, 9.17) is 4.74 Å². The Morgan fingerprint density at radius 2 is 1.83 bits per heavy atom. The molecule has 0 spiro atoms. The van der Waals surface area contributed by atoms with Crippen LogP contribution in [-0.2, 0) is 4.74 Å². The maximum absolute atomic E-state index is 10.7. The van der Waals surface area contributed by atoms with E-state index >= 15 is 0 Å². The van der Waals surface area contributed by atoms with Crippen molar-refractivity contribution in [1.29, 1.82) is 0 Å². The van der Waals surface area contributed by atoms with Crippen LogP contribution >= 0.6 is 11.3 Å². The number of hydrogen-bond donors (Lipinski definition) is 1. The Hall–Kier alpha value is -1.88. The number of benzene rings is 2. The van der Waals surface area contributed by atoms with Gasteiger partial charge in [0.25, 0.3) is 0 Å². The van der Waals surface area contributed by atoms with Gasteiger partial charge in [0.1, 0.15) is 5.75 Å². The Morgan fingerprint density at radius 3 is 2.61 bits per heavy atom. The van der Waals surface area contributed by atoms with Gasteiger partial charge in [-0.15, -0.1) is 11.3 Å². The maximum atomic E-state index is 10.7. The first-order valence-electron chi connectivity index (χ1n) is 7.90. The number of phenolic OH excluding ortho intramolecular Hbond substituents is 1. The molecule has 0 bridgehead atoms. The van der Waals surface area contributed by atoms with Crippen LogP contribution in [0.5, 0.6) is 5.75 Å². The number of fused-ring (bicyclic) bond motifs is 1. The third-order valence-corrected chi connectivity index (χ3v) is 5.37. The second-order valence-electron chi connectivity index (χ2n) is 5.79. The van der Waals surface area contributed by atoms with Crippen molar-refractivity contribution in [2.45, 2.75) is 6.04 Å². The summed E-state index contributed by atoms with van der Waals surface area (Å²) in [6.07, 6.45) is 0. The average molecular weight is 325 g/mol. The van der Waals surface area contributed by atoms with Gasteiger partial charge in [0, 0.05) is 23.5 Å². The summed E-state index contributed by atoms with van der Waals surface area (Å²) in [5.74, 6) is 0.369. The van der Waals surface area contributed by atoms with Gasteiger partial charge in [-0.2, -0.15) is 0 Å². The average Bonchev–Trinajstić information content (AvgIpc) is 3.12. The fraction of sp³-hybridized carbons (Fsp3) is 0.263. The van der Waals surface area contributed by atoms with Crippen LogP contribution in [0.2, 0.25) is 0 Å². The number of morpholine rings is 1. The summed E-state index contributed by atoms with van der Waals surface area (Å²) in [5.41, 5.74) is 1.01. The summed E-state index contributed by atoms with van der Waals surface area (Å²) < 4.78 is 5.52. The molecule has 1 N–H and O–H groups in total. The van der Waals surface area contributed by atoms with Crippen molar-refractivity contribution in [2.24, 2.45) is 0 Å². The molecule has 0 aliphatic carbocycles. The van der Waals surface area contributed by atoms with E-state index in [2.05, 4.69) is 34.5 Å². The minimum absolute atomic E-state index is 0.0741. The van der Waals surface area contributed by atoms with Crippen LogP contribution in [0.1, 0.15) is 16.5 Å². The second kappa shape index (κ2) is 6.32. The molecule has 1 atom stereocenters. The minimum Gasteiger partial charge on any atom is -0.508 e. The quantitative estimate of drug-likeness (QED) is 0.789. The Labute approximate surface area is 139 Å². The third-order valence-electron chi connectivity index (χ3n) is 4.44. The highest BCUT2D eigenvalue weighted by Crippen LogP contribution is 2.40. The monoisotopic (exact) mass is 325 g/mol. The van der Waals surface area contributed by atoms with Gasteiger partial charge in [-0.3, -0.25) is 4.90 Å². The fourth-order valence-corrected chi connectivity index (χ4v) is 4.23. The Balaban J connectivity index is 1.91. The molecule has 1 aromatic heterocycles. The molecule has 1 aliphatic rings. The number of rotatable bonds is 3. The van der Waals surface area contributed by atoms with Gasteiger partial charge < -0.3 is 9.84 Å². The van der Waals surface area contributed by atoms with Crippen LogP contribution in [0.25, 0.3) is 10.8 Å². The highest BCUT2D eigenvalue weighted by atomic mass is 32.1. The summed E-state index contributed by atoms with van der Waals surface area (Å²) in [4.78, 5) is 3.68. The molecular formula is C19H19NO2S. The van der Waals surface area contributed by atoms with Gasteiger partial charge in [-0.25, -0.2) is 0 Å². The van der Waals surface area contributed by atoms with E-state index in [-0.39, 0.29) is 6.04 Å². The zero-order valence-corrected chi connectivity index (χ0v) is 13.6. The predicted octanol–water partition coefficient (Wildman–Crippen LogP) is 4.03. The molecule has 0 amide bonds. The van der Waals surface area contributed by atoms with Crippen LogP contribution in [0, 0.1) is 0 Å². The van der Waals surface area contributed by atoms with Gasteiger partial charge in [0.05, 0.1) is 19.3 Å². The summed E-state index contributed by atoms with van der Waals surface area (Å²) >= 11 is 1.74. The Kier molecular flexibility index (Phi) is 4.04. The van der Waals surface area contributed by atoms with Crippen LogP contribution in [0.3, 0.4) is 0 Å². The van der Waals surface area contributed by atoms with E-state index < -0.39 is 0 Å². The Bertz CT molecular complexity index is 794. The van der Waals surface area contributed by atoms with Crippen molar-refractivity contribution in [3.05, 3.63) is 64.4 Å². The van der Waals surface area contributed by atoms with Crippen molar-refractivity contribution < 1.29 is 9.84 Å². The molecule has 3 aromatic rings. The molecule has 1 fully saturated rings. The highest BCUT2D eigenvalue weighted by molar-refractivity contribution is 7.10. The molecule has 0 radical (unpaired) electrons. The Morgan fingerprint density at radius 1 is 1.00 bits per heavy atom. The van der Waals surface area contributed by atoms with Crippen molar-refractivity contribution in [3.8, 4) is 5.75 Å². The van der Waals surface area contributed by atoms with E-state index in [0.29, 0.717) is 5.75 Å². The van der Waals surface area contributed by atoms with E-state index in [9.17, 15) is 5.11 Å². The van der Waals surface area contributed by atoms with E-state index in [1.807, 2.05) is 24.3 Å². The molecule has 1 unspecified atom stereocenters. The standard InChI is InChI=1S/C19H19NO2S/c21-16-8-7-14-4-1-2-5-15(14)18(16)19(17-6-3-13-23-17)20-9-11-22-12-10-20/h1-8,13,19,21H,9-12H2. The summed E-state index contributed by atoms with van der Waals surface area (Å²) in [6, 6.07) is 16.4. The molecule has 4 rings (SSSR count). The van der Waals surface area contributed by atoms with Crippen molar-refractivity contribution >= 4 is 22.1 Å². The van der Waals surface area contributed by atoms with Gasteiger partial charge in [0.15, 0.2) is 0 Å². The van der Waals surface area contributed by atoms with Gasteiger partial charge in [0.2, 0.25) is 0 Å². The number of nitrogens with zero attached hydrogens (tertiary/aromatic N) is 1. The molecule has 2 heterocycles. The molecule has 1 aliphatic heterocycles. The molecule has 2 aromatic carbocycles. The molecule has 0 saturated carbocycles. The molecule has 23 heavy (non-hydrogen) atoms. The lowest BCUT2D eigenvalue weighted by Crippen LogP contribution is -2.39. The number of ether oxygens (including phenoxy) is 1. The number of thiophene rings is 1. The summed E-state index contributed by atoms with van der Waals surface area (Å²) in [7, 11) is 0.